The van der Waals surface area contributed by atoms with Crippen LogP contribution in [0.1, 0.15) is 12.8 Å². The van der Waals surface area contributed by atoms with Crippen molar-refractivity contribution in [3.63, 3.8) is 0 Å². The lowest BCUT2D eigenvalue weighted by molar-refractivity contribution is -0.136. The predicted octanol–water partition coefficient (Wildman–Crippen LogP) is -1.72. The first-order chi connectivity index (χ1) is 7.16. The molecule has 0 saturated carbocycles. The van der Waals surface area contributed by atoms with Crippen LogP contribution in [0, 0.1) is 0 Å². The maximum Gasteiger partial charge on any atom is 0.245 e. The Morgan fingerprint density at radius 1 is 1.33 bits per heavy atom. The van der Waals surface area contributed by atoms with E-state index in [4.69, 9.17) is 5.84 Å². The summed E-state index contributed by atoms with van der Waals surface area (Å²) in [7, 11) is 0. The van der Waals surface area contributed by atoms with Crippen LogP contribution in [-0.4, -0.2) is 53.9 Å². The molecule has 2 saturated heterocycles. The average Bonchev–Trinajstić information content (AvgIpc) is 2.65. The highest BCUT2D eigenvalue weighted by Gasteiger charge is 2.31. The molecule has 0 aromatic carbocycles. The van der Waals surface area contributed by atoms with Gasteiger partial charge in [0.15, 0.2) is 0 Å². The largest absolute Gasteiger partial charge is 0.344 e. The number of piperazine rings is 1. The zero-order valence-corrected chi connectivity index (χ0v) is 8.61. The van der Waals surface area contributed by atoms with Gasteiger partial charge in [-0.3, -0.25) is 15.4 Å². The van der Waals surface area contributed by atoms with Crippen LogP contribution in [0.3, 0.4) is 0 Å². The van der Waals surface area contributed by atoms with Crippen LogP contribution in [0.4, 0.5) is 0 Å². The van der Waals surface area contributed by atoms with Crippen molar-refractivity contribution in [1.29, 1.82) is 0 Å². The second-order valence-electron chi connectivity index (χ2n) is 4.02. The number of nitrogens with one attached hydrogen (secondary N) is 1. The summed E-state index contributed by atoms with van der Waals surface area (Å²) < 4.78 is 0. The highest BCUT2D eigenvalue weighted by Crippen LogP contribution is 2.10. The van der Waals surface area contributed by atoms with Gasteiger partial charge in [-0.25, -0.2) is 5.01 Å². The van der Waals surface area contributed by atoms with Crippen molar-refractivity contribution in [1.82, 2.24) is 15.2 Å². The summed E-state index contributed by atoms with van der Waals surface area (Å²) >= 11 is 0. The van der Waals surface area contributed by atoms with Crippen molar-refractivity contribution in [2.45, 2.75) is 18.9 Å². The molecule has 2 heterocycles. The highest BCUT2D eigenvalue weighted by molar-refractivity contribution is 5.90. The number of amides is 2. The van der Waals surface area contributed by atoms with E-state index in [0.29, 0.717) is 39.0 Å². The van der Waals surface area contributed by atoms with Gasteiger partial charge in [-0.05, 0) is 6.42 Å². The molecule has 2 amide bonds. The van der Waals surface area contributed by atoms with E-state index in [9.17, 15) is 9.59 Å². The molecule has 0 bridgehead atoms. The summed E-state index contributed by atoms with van der Waals surface area (Å²) in [5.74, 6) is 5.61. The Bertz CT molecular complexity index is 273. The van der Waals surface area contributed by atoms with E-state index in [1.165, 1.54) is 0 Å². The standard InChI is InChI=1S/C9H16N4O2/c10-13-5-3-12(4-6-13)9(15)7-1-2-8(14)11-7/h7H,1-6,10H2,(H,11,14). The van der Waals surface area contributed by atoms with Crippen molar-refractivity contribution in [3.05, 3.63) is 0 Å². The third-order valence-electron chi connectivity index (χ3n) is 2.92. The van der Waals surface area contributed by atoms with E-state index >= 15 is 0 Å². The van der Waals surface area contributed by atoms with Crippen LogP contribution in [0.5, 0.6) is 0 Å². The monoisotopic (exact) mass is 212 g/mol. The molecule has 2 aliphatic rings. The first-order valence-electron chi connectivity index (χ1n) is 5.24. The first kappa shape index (κ1) is 10.4. The zero-order valence-electron chi connectivity index (χ0n) is 8.61. The zero-order chi connectivity index (χ0) is 10.8. The number of hydrogen-bond acceptors (Lipinski definition) is 4. The number of hydrazine groups is 1. The molecule has 0 aromatic heterocycles. The Balaban J connectivity index is 1.88. The fraction of sp³-hybridized carbons (Fsp3) is 0.778. The van der Waals surface area contributed by atoms with E-state index in [0.717, 1.165) is 0 Å². The summed E-state index contributed by atoms with van der Waals surface area (Å²) in [6.45, 7) is 2.71. The molecule has 3 N–H and O–H groups in total. The van der Waals surface area contributed by atoms with E-state index in [2.05, 4.69) is 5.32 Å². The molecule has 15 heavy (non-hydrogen) atoms. The van der Waals surface area contributed by atoms with Gasteiger partial charge in [0.1, 0.15) is 6.04 Å². The molecule has 1 unspecified atom stereocenters. The van der Waals surface area contributed by atoms with Crippen LogP contribution >= 0.6 is 0 Å². The lowest BCUT2D eigenvalue weighted by Gasteiger charge is -2.33. The van der Waals surface area contributed by atoms with Crippen molar-refractivity contribution < 1.29 is 9.59 Å². The molecule has 2 rings (SSSR count). The Morgan fingerprint density at radius 3 is 2.53 bits per heavy atom. The van der Waals surface area contributed by atoms with Gasteiger partial charge in [0, 0.05) is 32.6 Å². The number of nitrogens with two attached hydrogens (primary N) is 1. The van der Waals surface area contributed by atoms with Crippen LogP contribution in [0.15, 0.2) is 0 Å². The molecule has 2 fully saturated rings. The smallest absolute Gasteiger partial charge is 0.245 e. The summed E-state index contributed by atoms with van der Waals surface area (Å²) in [4.78, 5) is 24.7. The van der Waals surface area contributed by atoms with Gasteiger partial charge in [-0.15, -0.1) is 0 Å². The third kappa shape index (κ3) is 2.27. The number of carbonyl (C=O) groups excluding carboxylic acids is 2. The fourth-order valence-electron chi connectivity index (χ4n) is 1.96. The van der Waals surface area contributed by atoms with Crippen LogP contribution in [0.25, 0.3) is 0 Å². The van der Waals surface area contributed by atoms with Crippen molar-refractivity contribution in [3.8, 4) is 0 Å². The van der Waals surface area contributed by atoms with Gasteiger partial charge >= 0.3 is 0 Å². The second kappa shape index (κ2) is 4.16. The summed E-state index contributed by atoms with van der Waals surface area (Å²) in [5, 5.41) is 4.39. The fourth-order valence-corrected chi connectivity index (χ4v) is 1.96. The minimum atomic E-state index is -0.304. The van der Waals surface area contributed by atoms with Gasteiger partial charge in [0.25, 0.3) is 0 Å². The molecule has 0 aliphatic carbocycles. The Kier molecular flexibility index (Phi) is 2.88. The normalized spacial score (nSPS) is 27.9. The molecule has 6 nitrogen and oxygen atoms in total. The van der Waals surface area contributed by atoms with Crippen molar-refractivity contribution in [2.75, 3.05) is 26.2 Å². The van der Waals surface area contributed by atoms with Crippen LogP contribution in [-0.2, 0) is 9.59 Å². The van der Waals surface area contributed by atoms with Crippen LogP contribution in [0.2, 0.25) is 0 Å². The molecule has 0 spiro atoms. The average molecular weight is 212 g/mol. The maximum absolute atomic E-state index is 11.9. The minimum Gasteiger partial charge on any atom is -0.344 e. The SMILES string of the molecule is NN1CCN(C(=O)C2CCC(=O)N2)CC1. The Morgan fingerprint density at radius 2 is 2.00 bits per heavy atom. The third-order valence-corrected chi connectivity index (χ3v) is 2.92. The van der Waals surface area contributed by atoms with Crippen molar-refractivity contribution in [2.24, 2.45) is 5.84 Å². The van der Waals surface area contributed by atoms with Crippen molar-refractivity contribution >= 4 is 11.8 Å². The first-order valence-corrected chi connectivity index (χ1v) is 5.24. The molecular formula is C9H16N4O2. The van der Waals surface area contributed by atoms with E-state index in [1.807, 2.05) is 0 Å². The molecule has 2 aliphatic heterocycles. The molecule has 1 atom stereocenters. The number of carbonyl (C=O) groups is 2. The molecule has 0 aromatic rings. The molecule has 6 heteroatoms. The quantitative estimate of drug-likeness (QED) is 0.507. The molecular weight excluding hydrogens is 196 g/mol. The van der Waals surface area contributed by atoms with Gasteiger partial charge in [0.2, 0.25) is 11.8 Å². The maximum atomic E-state index is 11.9. The van der Waals surface area contributed by atoms with E-state index in [-0.39, 0.29) is 17.9 Å². The molecule has 0 radical (unpaired) electrons. The lowest BCUT2D eigenvalue weighted by Crippen LogP contribution is -2.54. The number of nitrogens with zero attached hydrogens (tertiary/aromatic N) is 2. The van der Waals surface area contributed by atoms with Gasteiger partial charge in [0.05, 0.1) is 0 Å². The summed E-state index contributed by atoms with van der Waals surface area (Å²) in [5.41, 5.74) is 0. The van der Waals surface area contributed by atoms with Gasteiger partial charge in [-0.1, -0.05) is 0 Å². The topological polar surface area (TPSA) is 78.7 Å². The Hall–Kier alpha value is -1.14. The Labute approximate surface area is 88.3 Å². The summed E-state index contributed by atoms with van der Waals surface area (Å²) in [6, 6.07) is -0.304. The predicted molar refractivity (Wildman–Crippen MR) is 53.5 cm³/mol. The second-order valence-corrected chi connectivity index (χ2v) is 4.02. The number of hydrogen-bond donors (Lipinski definition) is 2. The molecule has 84 valence electrons. The highest BCUT2D eigenvalue weighted by atomic mass is 16.2. The van der Waals surface area contributed by atoms with Gasteiger partial charge < -0.3 is 10.2 Å². The summed E-state index contributed by atoms with van der Waals surface area (Å²) in [6.07, 6.45) is 1.09. The minimum absolute atomic E-state index is 0.0224. The van der Waals surface area contributed by atoms with E-state index in [1.54, 1.807) is 9.91 Å². The number of rotatable bonds is 1. The lowest BCUT2D eigenvalue weighted by atomic mass is 10.2. The van der Waals surface area contributed by atoms with E-state index < -0.39 is 0 Å². The van der Waals surface area contributed by atoms with Crippen LogP contribution < -0.4 is 11.2 Å². The van der Waals surface area contributed by atoms with Gasteiger partial charge in [-0.2, -0.15) is 0 Å².